The molecule has 0 radical (unpaired) electrons. The van der Waals surface area contributed by atoms with E-state index < -0.39 is 0 Å². The number of hydrogen-bond donors (Lipinski definition) is 1. The van der Waals surface area contributed by atoms with Crippen LogP contribution in [-0.2, 0) is 6.42 Å². The van der Waals surface area contributed by atoms with Crippen molar-refractivity contribution in [2.45, 2.75) is 12.8 Å². The Morgan fingerprint density at radius 3 is 3.07 bits per heavy atom. The number of allylic oxidation sites excluding steroid dienone is 1. The molecule has 1 aliphatic rings. The van der Waals surface area contributed by atoms with Gasteiger partial charge < -0.3 is 5.32 Å². The Bertz CT molecular complexity index is 369. The number of halogens is 1. The van der Waals surface area contributed by atoms with Crippen LogP contribution < -0.4 is 5.32 Å². The van der Waals surface area contributed by atoms with Gasteiger partial charge in [-0.05, 0) is 42.7 Å². The van der Waals surface area contributed by atoms with E-state index in [1.807, 2.05) is 13.1 Å². The van der Waals surface area contributed by atoms with Crippen LogP contribution in [-0.4, -0.2) is 13.6 Å². The van der Waals surface area contributed by atoms with Crippen molar-refractivity contribution >= 4 is 5.57 Å². The molecule has 1 aromatic rings. The minimum absolute atomic E-state index is 0.0656. The Morgan fingerprint density at radius 1 is 1.43 bits per heavy atom. The molecular formula is C12H14FN. The van der Waals surface area contributed by atoms with Gasteiger partial charge in [-0.1, -0.05) is 18.2 Å². The third kappa shape index (κ3) is 1.58. The standard InChI is InChI=1S/C12H14FN/c1-14-8-9-4-2-6-11-10(9)5-3-7-12(11)13/h3-5,7,14H,2,6,8H2,1H3. The number of benzene rings is 1. The lowest BCUT2D eigenvalue weighted by molar-refractivity contribution is 0.607. The largest absolute Gasteiger partial charge is 0.316 e. The fraction of sp³-hybridized carbons (Fsp3) is 0.333. The molecule has 0 unspecified atom stereocenters. The van der Waals surface area contributed by atoms with E-state index in [1.54, 1.807) is 12.1 Å². The molecule has 1 nitrogen and oxygen atoms in total. The van der Waals surface area contributed by atoms with Gasteiger partial charge in [0.05, 0.1) is 0 Å². The summed E-state index contributed by atoms with van der Waals surface area (Å²) in [6, 6.07) is 5.32. The van der Waals surface area contributed by atoms with E-state index in [0.29, 0.717) is 0 Å². The Morgan fingerprint density at radius 2 is 2.29 bits per heavy atom. The highest BCUT2D eigenvalue weighted by Crippen LogP contribution is 2.27. The summed E-state index contributed by atoms with van der Waals surface area (Å²) >= 11 is 0. The normalized spacial score (nSPS) is 14.9. The molecule has 0 saturated carbocycles. The summed E-state index contributed by atoms with van der Waals surface area (Å²) in [7, 11) is 1.91. The molecule has 14 heavy (non-hydrogen) atoms. The van der Waals surface area contributed by atoms with Gasteiger partial charge in [0.2, 0.25) is 0 Å². The minimum atomic E-state index is -0.0656. The van der Waals surface area contributed by atoms with Gasteiger partial charge >= 0.3 is 0 Å². The topological polar surface area (TPSA) is 12.0 Å². The van der Waals surface area contributed by atoms with Gasteiger partial charge in [0, 0.05) is 6.54 Å². The third-order valence-electron chi connectivity index (χ3n) is 2.62. The van der Waals surface area contributed by atoms with Crippen LogP contribution in [0.5, 0.6) is 0 Å². The van der Waals surface area contributed by atoms with Crippen molar-refractivity contribution in [2.24, 2.45) is 0 Å². The van der Waals surface area contributed by atoms with Crippen molar-refractivity contribution in [3.8, 4) is 0 Å². The van der Waals surface area contributed by atoms with Crippen molar-refractivity contribution in [1.29, 1.82) is 0 Å². The quantitative estimate of drug-likeness (QED) is 0.756. The molecule has 0 spiro atoms. The molecule has 0 amide bonds. The highest BCUT2D eigenvalue weighted by Gasteiger charge is 2.14. The van der Waals surface area contributed by atoms with E-state index in [1.165, 1.54) is 5.57 Å². The maximum Gasteiger partial charge on any atom is 0.127 e. The predicted octanol–water partition coefficient (Wildman–Crippen LogP) is 2.37. The third-order valence-corrected chi connectivity index (χ3v) is 2.62. The lowest BCUT2D eigenvalue weighted by Crippen LogP contribution is -2.13. The van der Waals surface area contributed by atoms with Gasteiger partial charge in [-0.15, -0.1) is 0 Å². The number of rotatable bonds is 2. The zero-order valence-corrected chi connectivity index (χ0v) is 8.31. The Kier molecular flexibility index (Phi) is 2.64. The average Bonchev–Trinajstić information content (AvgIpc) is 2.20. The van der Waals surface area contributed by atoms with E-state index in [-0.39, 0.29) is 5.82 Å². The molecule has 0 atom stereocenters. The second-order valence-corrected chi connectivity index (χ2v) is 3.56. The maximum absolute atomic E-state index is 13.4. The summed E-state index contributed by atoms with van der Waals surface area (Å²) in [5, 5.41) is 3.11. The van der Waals surface area contributed by atoms with Crippen molar-refractivity contribution in [3.05, 3.63) is 41.2 Å². The van der Waals surface area contributed by atoms with E-state index in [2.05, 4.69) is 11.4 Å². The molecule has 0 heterocycles. The zero-order chi connectivity index (χ0) is 9.97. The lowest BCUT2D eigenvalue weighted by atomic mass is 9.90. The second-order valence-electron chi connectivity index (χ2n) is 3.56. The summed E-state index contributed by atoms with van der Waals surface area (Å²) < 4.78 is 13.4. The summed E-state index contributed by atoms with van der Waals surface area (Å²) in [5.74, 6) is -0.0656. The fourth-order valence-corrected chi connectivity index (χ4v) is 1.97. The van der Waals surface area contributed by atoms with E-state index >= 15 is 0 Å². The smallest absolute Gasteiger partial charge is 0.127 e. The van der Waals surface area contributed by atoms with Crippen LogP contribution in [0.25, 0.3) is 5.57 Å². The molecule has 2 rings (SSSR count). The number of likely N-dealkylation sites (N-methyl/N-ethyl adjacent to an activating group) is 1. The first-order valence-electron chi connectivity index (χ1n) is 4.94. The Hall–Kier alpha value is -1.15. The SMILES string of the molecule is CNCC1=CCCc2c(F)cccc21. The van der Waals surface area contributed by atoms with Crippen LogP contribution in [0, 0.1) is 5.82 Å². The predicted molar refractivity (Wildman–Crippen MR) is 56.6 cm³/mol. The van der Waals surface area contributed by atoms with E-state index in [4.69, 9.17) is 0 Å². The van der Waals surface area contributed by atoms with Gasteiger partial charge in [0.1, 0.15) is 5.82 Å². The first-order chi connectivity index (χ1) is 6.83. The van der Waals surface area contributed by atoms with Gasteiger partial charge in [-0.2, -0.15) is 0 Å². The first-order valence-corrected chi connectivity index (χ1v) is 4.94. The highest BCUT2D eigenvalue weighted by atomic mass is 19.1. The molecular weight excluding hydrogens is 177 g/mol. The monoisotopic (exact) mass is 191 g/mol. The van der Waals surface area contributed by atoms with Crippen molar-refractivity contribution in [1.82, 2.24) is 5.32 Å². The molecule has 1 aromatic carbocycles. The fourth-order valence-electron chi connectivity index (χ4n) is 1.97. The first kappa shape index (κ1) is 9.41. The molecule has 0 fully saturated rings. The van der Waals surface area contributed by atoms with Gasteiger partial charge in [0.15, 0.2) is 0 Å². The van der Waals surface area contributed by atoms with Crippen LogP contribution in [0.2, 0.25) is 0 Å². The van der Waals surface area contributed by atoms with Gasteiger partial charge in [0.25, 0.3) is 0 Å². The molecule has 1 N–H and O–H groups in total. The Balaban J connectivity index is 2.43. The van der Waals surface area contributed by atoms with Crippen LogP contribution >= 0.6 is 0 Å². The molecule has 0 saturated heterocycles. The number of fused-ring (bicyclic) bond motifs is 1. The molecule has 0 bridgehead atoms. The maximum atomic E-state index is 13.4. The average molecular weight is 191 g/mol. The van der Waals surface area contributed by atoms with Crippen LogP contribution in [0.15, 0.2) is 24.3 Å². The van der Waals surface area contributed by atoms with Crippen LogP contribution in [0.3, 0.4) is 0 Å². The van der Waals surface area contributed by atoms with E-state index in [0.717, 1.165) is 30.5 Å². The van der Waals surface area contributed by atoms with Gasteiger partial charge in [-0.25, -0.2) is 4.39 Å². The molecule has 0 aromatic heterocycles. The summed E-state index contributed by atoms with van der Waals surface area (Å²) in [4.78, 5) is 0. The zero-order valence-electron chi connectivity index (χ0n) is 8.31. The Labute approximate surface area is 83.6 Å². The van der Waals surface area contributed by atoms with Gasteiger partial charge in [-0.3, -0.25) is 0 Å². The molecule has 0 aliphatic heterocycles. The van der Waals surface area contributed by atoms with Crippen LogP contribution in [0.4, 0.5) is 4.39 Å². The van der Waals surface area contributed by atoms with Crippen molar-refractivity contribution in [2.75, 3.05) is 13.6 Å². The van der Waals surface area contributed by atoms with Crippen LogP contribution in [0.1, 0.15) is 17.5 Å². The number of nitrogens with one attached hydrogen (secondary N) is 1. The van der Waals surface area contributed by atoms with Crippen molar-refractivity contribution < 1.29 is 4.39 Å². The molecule has 1 aliphatic carbocycles. The molecule has 2 heteroatoms. The lowest BCUT2D eigenvalue weighted by Gasteiger charge is -2.17. The summed E-state index contributed by atoms with van der Waals surface area (Å²) in [6.45, 7) is 0.816. The second kappa shape index (κ2) is 3.93. The van der Waals surface area contributed by atoms with Crippen molar-refractivity contribution in [3.63, 3.8) is 0 Å². The van der Waals surface area contributed by atoms with E-state index in [9.17, 15) is 4.39 Å². The molecule has 74 valence electrons. The summed E-state index contributed by atoms with van der Waals surface area (Å²) in [5.41, 5.74) is 3.17. The highest BCUT2D eigenvalue weighted by molar-refractivity contribution is 5.71. The summed E-state index contributed by atoms with van der Waals surface area (Å²) in [6.07, 6.45) is 3.97. The minimum Gasteiger partial charge on any atom is -0.316 e. The number of hydrogen-bond acceptors (Lipinski definition) is 1.